The standard InChI is InChI=1S/C13H18N2/c1-2-3-11-15-13(14)10-9-12-7-5-4-6-8-12/h4-10H,2-3,11H2,1H3,(H2,14,15). The number of rotatable bonds is 5. The molecule has 0 unspecified atom stereocenters. The Labute approximate surface area is 91.5 Å². The van der Waals surface area contributed by atoms with Crippen LogP contribution < -0.4 is 5.73 Å². The minimum Gasteiger partial charge on any atom is -0.384 e. The highest BCUT2D eigenvalue weighted by molar-refractivity contribution is 5.95. The Balaban J connectivity index is 2.47. The van der Waals surface area contributed by atoms with Crippen molar-refractivity contribution in [3.63, 3.8) is 0 Å². The van der Waals surface area contributed by atoms with E-state index in [0.29, 0.717) is 5.84 Å². The number of unbranched alkanes of at least 4 members (excludes halogenated alkanes) is 1. The molecule has 1 aromatic carbocycles. The lowest BCUT2D eigenvalue weighted by Gasteiger charge is -1.94. The van der Waals surface area contributed by atoms with Crippen LogP contribution in [0.15, 0.2) is 41.4 Å². The molecule has 0 fully saturated rings. The van der Waals surface area contributed by atoms with Crippen LogP contribution in [-0.2, 0) is 0 Å². The zero-order valence-corrected chi connectivity index (χ0v) is 9.19. The van der Waals surface area contributed by atoms with Gasteiger partial charge in [0.15, 0.2) is 0 Å². The molecule has 2 N–H and O–H groups in total. The van der Waals surface area contributed by atoms with Crippen molar-refractivity contribution < 1.29 is 0 Å². The van der Waals surface area contributed by atoms with E-state index in [-0.39, 0.29) is 0 Å². The van der Waals surface area contributed by atoms with Gasteiger partial charge in [-0.25, -0.2) is 0 Å². The van der Waals surface area contributed by atoms with Gasteiger partial charge >= 0.3 is 0 Å². The quantitative estimate of drug-likeness (QED) is 0.445. The Bertz CT molecular complexity index is 326. The minimum absolute atomic E-state index is 0.604. The van der Waals surface area contributed by atoms with Crippen molar-refractivity contribution >= 4 is 11.9 Å². The molecule has 0 aliphatic heterocycles. The summed E-state index contributed by atoms with van der Waals surface area (Å²) in [5, 5.41) is 0. The molecule has 0 aromatic heterocycles. The number of nitrogens with zero attached hydrogens (tertiary/aromatic N) is 1. The number of nitrogens with two attached hydrogens (primary N) is 1. The fourth-order valence-electron chi connectivity index (χ4n) is 1.16. The van der Waals surface area contributed by atoms with Crippen molar-refractivity contribution in [1.29, 1.82) is 0 Å². The van der Waals surface area contributed by atoms with Crippen LogP contribution in [0.2, 0.25) is 0 Å². The molecule has 1 rings (SSSR count). The lowest BCUT2D eigenvalue weighted by molar-refractivity contribution is 0.808. The molecule has 2 nitrogen and oxygen atoms in total. The van der Waals surface area contributed by atoms with Crippen molar-refractivity contribution in [2.24, 2.45) is 10.7 Å². The largest absolute Gasteiger partial charge is 0.384 e. The van der Waals surface area contributed by atoms with Crippen LogP contribution in [0, 0.1) is 0 Å². The molecule has 0 amide bonds. The third kappa shape index (κ3) is 5.01. The van der Waals surface area contributed by atoms with Gasteiger partial charge in [-0.1, -0.05) is 49.8 Å². The minimum atomic E-state index is 0.604. The first-order valence-electron chi connectivity index (χ1n) is 5.36. The molecule has 0 aliphatic carbocycles. The summed E-state index contributed by atoms with van der Waals surface area (Å²) in [6.07, 6.45) is 6.08. The predicted molar refractivity (Wildman–Crippen MR) is 66.9 cm³/mol. The van der Waals surface area contributed by atoms with Gasteiger partial charge in [-0.3, -0.25) is 4.99 Å². The molecule has 15 heavy (non-hydrogen) atoms. The van der Waals surface area contributed by atoms with E-state index in [1.165, 1.54) is 0 Å². The first-order valence-corrected chi connectivity index (χ1v) is 5.36. The highest BCUT2D eigenvalue weighted by Crippen LogP contribution is 2.00. The van der Waals surface area contributed by atoms with Gasteiger partial charge in [-0.15, -0.1) is 0 Å². The molecule has 2 heteroatoms. The zero-order chi connectivity index (χ0) is 10.9. The van der Waals surface area contributed by atoms with E-state index in [9.17, 15) is 0 Å². The summed E-state index contributed by atoms with van der Waals surface area (Å²) in [4.78, 5) is 4.24. The average molecular weight is 202 g/mol. The van der Waals surface area contributed by atoms with Crippen molar-refractivity contribution in [1.82, 2.24) is 0 Å². The van der Waals surface area contributed by atoms with Crippen molar-refractivity contribution in [3.8, 4) is 0 Å². The number of hydrogen-bond acceptors (Lipinski definition) is 1. The van der Waals surface area contributed by atoms with Crippen LogP contribution in [0.4, 0.5) is 0 Å². The summed E-state index contributed by atoms with van der Waals surface area (Å²) < 4.78 is 0. The molecule has 0 spiro atoms. The number of amidine groups is 1. The smallest absolute Gasteiger partial charge is 0.118 e. The van der Waals surface area contributed by atoms with Gasteiger partial charge in [0.2, 0.25) is 0 Å². The third-order valence-corrected chi connectivity index (χ3v) is 2.05. The molecule has 0 atom stereocenters. The highest BCUT2D eigenvalue weighted by Gasteiger charge is 1.86. The maximum absolute atomic E-state index is 5.73. The monoisotopic (exact) mass is 202 g/mol. The van der Waals surface area contributed by atoms with Crippen LogP contribution in [0.5, 0.6) is 0 Å². The summed E-state index contributed by atoms with van der Waals surface area (Å²) in [5.41, 5.74) is 6.87. The lowest BCUT2D eigenvalue weighted by atomic mass is 10.2. The van der Waals surface area contributed by atoms with E-state index >= 15 is 0 Å². The molecule has 0 radical (unpaired) electrons. The van der Waals surface area contributed by atoms with Crippen LogP contribution >= 0.6 is 0 Å². The van der Waals surface area contributed by atoms with Gasteiger partial charge < -0.3 is 5.73 Å². The normalized spacial score (nSPS) is 12.2. The van der Waals surface area contributed by atoms with Gasteiger partial charge in [-0.2, -0.15) is 0 Å². The fraction of sp³-hybridized carbons (Fsp3) is 0.308. The molecular formula is C13H18N2. The second-order valence-corrected chi connectivity index (χ2v) is 3.40. The van der Waals surface area contributed by atoms with E-state index in [0.717, 1.165) is 24.9 Å². The lowest BCUT2D eigenvalue weighted by Crippen LogP contribution is -2.08. The first-order chi connectivity index (χ1) is 7.33. The number of hydrogen-bond donors (Lipinski definition) is 1. The molecule has 0 saturated carbocycles. The van der Waals surface area contributed by atoms with E-state index in [1.54, 1.807) is 0 Å². The first kappa shape index (κ1) is 11.5. The summed E-state index contributed by atoms with van der Waals surface area (Å²) in [5.74, 6) is 0.604. The average Bonchev–Trinajstić information content (AvgIpc) is 2.28. The van der Waals surface area contributed by atoms with Crippen molar-refractivity contribution in [3.05, 3.63) is 42.0 Å². The third-order valence-electron chi connectivity index (χ3n) is 2.05. The van der Waals surface area contributed by atoms with Crippen molar-refractivity contribution in [2.45, 2.75) is 19.8 Å². The topological polar surface area (TPSA) is 38.4 Å². The Morgan fingerprint density at radius 3 is 2.73 bits per heavy atom. The van der Waals surface area contributed by atoms with Crippen LogP contribution in [0.1, 0.15) is 25.3 Å². The van der Waals surface area contributed by atoms with Gasteiger partial charge in [0, 0.05) is 6.54 Å². The SMILES string of the molecule is CCCCN=C(N)C=Cc1ccccc1. The van der Waals surface area contributed by atoms with Crippen LogP contribution in [-0.4, -0.2) is 12.4 Å². The highest BCUT2D eigenvalue weighted by atomic mass is 14.8. The van der Waals surface area contributed by atoms with Gasteiger partial charge in [0.1, 0.15) is 5.84 Å². The fourth-order valence-corrected chi connectivity index (χ4v) is 1.16. The molecule has 0 bridgehead atoms. The summed E-state index contributed by atoms with van der Waals surface area (Å²) >= 11 is 0. The van der Waals surface area contributed by atoms with E-state index in [2.05, 4.69) is 11.9 Å². The second-order valence-electron chi connectivity index (χ2n) is 3.40. The number of aliphatic imine (C=N–C) groups is 1. The molecule has 0 aliphatic rings. The number of benzene rings is 1. The molecule has 0 saturated heterocycles. The Morgan fingerprint density at radius 2 is 2.07 bits per heavy atom. The predicted octanol–water partition coefficient (Wildman–Crippen LogP) is 2.86. The molecule has 1 aromatic rings. The summed E-state index contributed by atoms with van der Waals surface area (Å²) in [6.45, 7) is 2.97. The zero-order valence-electron chi connectivity index (χ0n) is 9.19. The van der Waals surface area contributed by atoms with Crippen molar-refractivity contribution in [2.75, 3.05) is 6.54 Å². The Morgan fingerprint density at radius 1 is 1.33 bits per heavy atom. The van der Waals surface area contributed by atoms with E-state index < -0.39 is 0 Å². The Kier molecular flexibility index (Phi) is 5.23. The van der Waals surface area contributed by atoms with E-state index in [1.807, 2.05) is 42.5 Å². The van der Waals surface area contributed by atoms with E-state index in [4.69, 9.17) is 5.73 Å². The maximum Gasteiger partial charge on any atom is 0.118 e. The molecular weight excluding hydrogens is 184 g/mol. The van der Waals surface area contributed by atoms with Gasteiger partial charge in [0.05, 0.1) is 0 Å². The second kappa shape index (κ2) is 6.82. The summed E-state index contributed by atoms with van der Waals surface area (Å²) in [6, 6.07) is 10.1. The Hall–Kier alpha value is -1.57. The van der Waals surface area contributed by atoms with Gasteiger partial charge in [0.25, 0.3) is 0 Å². The molecule has 80 valence electrons. The van der Waals surface area contributed by atoms with Gasteiger partial charge in [-0.05, 0) is 18.1 Å². The molecule has 0 heterocycles. The van der Waals surface area contributed by atoms with Crippen LogP contribution in [0.25, 0.3) is 6.08 Å². The maximum atomic E-state index is 5.73. The van der Waals surface area contributed by atoms with Crippen LogP contribution in [0.3, 0.4) is 0 Å². The summed E-state index contributed by atoms with van der Waals surface area (Å²) in [7, 11) is 0.